The molecule has 2 N–H and O–H groups in total. The SMILES string of the molecule is CC(=O)N1CCC(Cc2cc(C(=O)NC[C@H](O)CN3CCc4nc(C)sc4C3)ccn2)CC1. The molecule has 2 aliphatic heterocycles. The van der Waals surface area contributed by atoms with Gasteiger partial charge in [0.25, 0.3) is 5.91 Å². The first-order valence-corrected chi connectivity index (χ1v) is 12.5. The number of fused-ring (bicyclic) bond motifs is 1. The number of aliphatic hydroxyl groups is 1. The van der Waals surface area contributed by atoms with Gasteiger partial charge in [-0.2, -0.15) is 0 Å². The zero-order valence-corrected chi connectivity index (χ0v) is 20.2. The number of pyridine rings is 1. The first-order valence-electron chi connectivity index (χ1n) is 11.7. The minimum absolute atomic E-state index is 0.135. The lowest BCUT2D eigenvalue weighted by Gasteiger charge is -2.31. The standard InChI is InChI=1S/C24H33N5O3S/c1-16-27-22-6-8-28(15-23(22)33-16)14-21(31)13-26-24(32)19-3-7-25-20(12-19)11-18-4-9-29(10-5-18)17(2)30/h3,7,12,18,21,31H,4-6,8-11,13-15H2,1-2H3,(H,26,32)/t21-/m0/s1. The van der Waals surface area contributed by atoms with Crippen molar-refractivity contribution in [2.45, 2.75) is 52.2 Å². The van der Waals surface area contributed by atoms with Gasteiger partial charge in [-0.05, 0) is 44.2 Å². The van der Waals surface area contributed by atoms with Gasteiger partial charge in [-0.3, -0.25) is 19.5 Å². The number of nitrogens with one attached hydrogen (secondary N) is 1. The molecule has 33 heavy (non-hydrogen) atoms. The van der Waals surface area contributed by atoms with Crippen LogP contribution in [0, 0.1) is 12.8 Å². The van der Waals surface area contributed by atoms with Crippen LogP contribution in [0.5, 0.6) is 0 Å². The topological polar surface area (TPSA) is 98.7 Å². The molecule has 0 spiro atoms. The van der Waals surface area contributed by atoms with E-state index in [1.54, 1.807) is 30.5 Å². The lowest BCUT2D eigenvalue weighted by Crippen LogP contribution is -2.41. The fourth-order valence-electron chi connectivity index (χ4n) is 4.69. The Bertz CT molecular complexity index is 986. The fourth-order valence-corrected chi connectivity index (χ4v) is 5.71. The minimum atomic E-state index is -0.628. The number of hydrogen-bond donors (Lipinski definition) is 2. The highest BCUT2D eigenvalue weighted by Crippen LogP contribution is 2.24. The predicted octanol–water partition coefficient (Wildman–Crippen LogP) is 1.80. The van der Waals surface area contributed by atoms with Crippen LogP contribution in [-0.2, 0) is 24.2 Å². The number of hydrogen-bond acceptors (Lipinski definition) is 7. The lowest BCUT2D eigenvalue weighted by molar-refractivity contribution is -0.130. The normalized spacial score (nSPS) is 18.1. The lowest BCUT2D eigenvalue weighted by atomic mass is 9.91. The number of piperidine rings is 1. The van der Waals surface area contributed by atoms with Crippen molar-refractivity contribution in [3.8, 4) is 0 Å². The van der Waals surface area contributed by atoms with Crippen molar-refractivity contribution in [2.75, 3.05) is 32.7 Å². The molecule has 0 bridgehead atoms. The van der Waals surface area contributed by atoms with Crippen molar-refractivity contribution in [3.63, 3.8) is 0 Å². The van der Waals surface area contributed by atoms with Gasteiger partial charge >= 0.3 is 0 Å². The summed E-state index contributed by atoms with van der Waals surface area (Å²) < 4.78 is 0. The second-order valence-corrected chi connectivity index (χ2v) is 10.4. The molecule has 0 radical (unpaired) electrons. The van der Waals surface area contributed by atoms with E-state index in [4.69, 9.17) is 0 Å². The third kappa shape index (κ3) is 6.37. The van der Waals surface area contributed by atoms with Crippen molar-refractivity contribution in [3.05, 3.63) is 45.2 Å². The number of rotatable bonds is 7. The first-order chi connectivity index (χ1) is 15.9. The minimum Gasteiger partial charge on any atom is -0.390 e. The molecule has 2 aromatic rings. The Kier molecular flexibility index (Phi) is 7.72. The number of carbonyl (C=O) groups is 2. The van der Waals surface area contributed by atoms with Crippen LogP contribution in [0.3, 0.4) is 0 Å². The molecule has 1 saturated heterocycles. The van der Waals surface area contributed by atoms with E-state index in [0.717, 1.165) is 62.6 Å². The van der Waals surface area contributed by atoms with Crippen molar-refractivity contribution >= 4 is 23.2 Å². The Labute approximate surface area is 199 Å². The van der Waals surface area contributed by atoms with E-state index in [9.17, 15) is 14.7 Å². The smallest absolute Gasteiger partial charge is 0.251 e. The number of likely N-dealkylation sites (tertiary alicyclic amines) is 1. The van der Waals surface area contributed by atoms with Gasteiger partial charge in [-0.15, -0.1) is 11.3 Å². The average molecular weight is 472 g/mol. The van der Waals surface area contributed by atoms with E-state index in [1.807, 2.05) is 17.9 Å². The van der Waals surface area contributed by atoms with E-state index < -0.39 is 6.10 Å². The maximum Gasteiger partial charge on any atom is 0.251 e. The summed E-state index contributed by atoms with van der Waals surface area (Å²) >= 11 is 1.72. The molecule has 2 aromatic heterocycles. The maximum atomic E-state index is 12.7. The van der Waals surface area contributed by atoms with Gasteiger partial charge in [-0.25, -0.2) is 4.98 Å². The zero-order chi connectivity index (χ0) is 23.4. The third-order valence-corrected chi connectivity index (χ3v) is 7.52. The molecule has 0 unspecified atom stereocenters. The van der Waals surface area contributed by atoms with Crippen LogP contribution in [0.1, 0.15) is 51.4 Å². The maximum absolute atomic E-state index is 12.7. The quantitative estimate of drug-likeness (QED) is 0.639. The summed E-state index contributed by atoms with van der Waals surface area (Å²) in [6.45, 7) is 7.65. The van der Waals surface area contributed by atoms with Gasteiger partial charge in [0.2, 0.25) is 5.91 Å². The monoisotopic (exact) mass is 471 g/mol. The van der Waals surface area contributed by atoms with Crippen molar-refractivity contribution < 1.29 is 14.7 Å². The molecular formula is C24H33N5O3S. The summed E-state index contributed by atoms with van der Waals surface area (Å²) in [6, 6.07) is 3.55. The van der Waals surface area contributed by atoms with Gasteiger partial charge in [0.05, 0.1) is 16.8 Å². The Hall–Kier alpha value is -2.36. The summed E-state index contributed by atoms with van der Waals surface area (Å²) in [5.74, 6) is 0.417. The molecule has 0 aromatic carbocycles. The van der Waals surface area contributed by atoms with Gasteiger partial charge in [-0.1, -0.05) is 0 Å². The first kappa shape index (κ1) is 23.8. The Morgan fingerprint density at radius 3 is 2.85 bits per heavy atom. The molecule has 0 saturated carbocycles. The molecule has 8 nitrogen and oxygen atoms in total. The van der Waals surface area contributed by atoms with Crippen molar-refractivity contribution in [1.29, 1.82) is 0 Å². The molecule has 4 rings (SSSR count). The molecule has 0 aliphatic carbocycles. The van der Waals surface area contributed by atoms with E-state index in [2.05, 4.69) is 20.2 Å². The summed E-state index contributed by atoms with van der Waals surface area (Å²) in [5, 5.41) is 14.4. The van der Waals surface area contributed by atoms with Crippen LogP contribution in [0.4, 0.5) is 0 Å². The highest BCUT2D eigenvalue weighted by Gasteiger charge is 2.23. The van der Waals surface area contributed by atoms with Crippen LogP contribution in [0.15, 0.2) is 18.3 Å². The third-order valence-electron chi connectivity index (χ3n) is 6.52. The predicted molar refractivity (Wildman–Crippen MR) is 127 cm³/mol. The highest BCUT2D eigenvalue weighted by molar-refractivity contribution is 7.11. The van der Waals surface area contributed by atoms with Crippen molar-refractivity contribution in [1.82, 2.24) is 25.1 Å². The molecule has 9 heteroatoms. The fraction of sp³-hybridized carbons (Fsp3) is 0.583. The summed E-state index contributed by atoms with van der Waals surface area (Å²) in [5.41, 5.74) is 2.65. The number of aliphatic hydroxyl groups excluding tert-OH is 1. The van der Waals surface area contributed by atoms with Gasteiger partial charge in [0.15, 0.2) is 0 Å². The number of nitrogens with zero attached hydrogens (tertiary/aromatic N) is 4. The molecular weight excluding hydrogens is 438 g/mol. The average Bonchev–Trinajstić information content (AvgIpc) is 3.17. The van der Waals surface area contributed by atoms with Crippen LogP contribution in [-0.4, -0.2) is 75.5 Å². The second kappa shape index (κ2) is 10.7. The van der Waals surface area contributed by atoms with Gasteiger partial charge in [0, 0.05) is 74.9 Å². The zero-order valence-electron chi connectivity index (χ0n) is 19.4. The molecule has 2 aliphatic rings. The van der Waals surface area contributed by atoms with E-state index in [0.29, 0.717) is 18.0 Å². The number of carbonyl (C=O) groups excluding carboxylic acids is 2. The number of amides is 2. The van der Waals surface area contributed by atoms with Gasteiger partial charge in [0.1, 0.15) is 0 Å². The van der Waals surface area contributed by atoms with E-state index in [1.165, 1.54) is 10.6 Å². The summed E-state index contributed by atoms with van der Waals surface area (Å²) in [7, 11) is 0. The Morgan fingerprint density at radius 1 is 1.30 bits per heavy atom. The largest absolute Gasteiger partial charge is 0.390 e. The molecule has 178 valence electrons. The number of β-amino-alcohol motifs (C(OH)–C–C–N with tert-alkyl or cyclic N) is 1. The van der Waals surface area contributed by atoms with E-state index >= 15 is 0 Å². The molecule has 4 heterocycles. The van der Waals surface area contributed by atoms with E-state index in [-0.39, 0.29) is 18.4 Å². The summed E-state index contributed by atoms with van der Waals surface area (Å²) in [6.07, 6.45) is 4.69. The second-order valence-electron chi connectivity index (χ2n) is 9.14. The van der Waals surface area contributed by atoms with Gasteiger partial charge < -0.3 is 15.3 Å². The summed E-state index contributed by atoms with van der Waals surface area (Å²) in [4.78, 5) is 38.6. The number of aryl methyl sites for hydroxylation is 1. The van der Waals surface area contributed by atoms with Crippen LogP contribution >= 0.6 is 11.3 Å². The highest BCUT2D eigenvalue weighted by atomic mass is 32.1. The van der Waals surface area contributed by atoms with Crippen LogP contribution in [0.25, 0.3) is 0 Å². The van der Waals surface area contributed by atoms with Crippen LogP contribution < -0.4 is 5.32 Å². The Morgan fingerprint density at radius 2 is 2.09 bits per heavy atom. The number of aromatic nitrogens is 2. The van der Waals surface area contributed by atoms with Crippen molar-refractivity contribution in [2.24, 2.45) is 5.92 Å². The number of thiazole rings is 1. The molecule has 2 amide bonds. The Balaban J connectivity index is 1.23. The van der Waals surface area contributed by atoms with Crippen LogP contribution in [0.2, 0.25) is 0 Å². The molecule has 1 atom stereocenters. The molecule has 1 fully saturated rings.